The molecule has 5 heteroatoms. The summed E-state index contributed by atoms with van der Waals surface area (Å²) in [5.41, 5.74) is 0.935. The zero-order valence-electron chi connectivity index (χ0n) is 11.4. The van der Waals surface area contributed by atoms with Crippen molar-refractivity contribution in [1.82, 2.24) is 10.6 Å². The van der Waals surface area contributed by atoms with Crippen LogP contribution in [0.2, 0.25) is 0 Å². The summed E-state index contributed by atoms with van der Waals surface area (Å²) in [6, 6.07) is 9.45. The average molecular weight is 276 g/mol. The van der Waals surface area contributed by atoms with E-state index in [9.17, 15) is 9.59 Å². The number of nitrogens with one attached hydrogen (secondary N) is 2. The molecule has 0 spiro atoms. The number of amides is 2. The molecule has 2 rings (SSSR count). The molecule has 1 aromatic carbocycles. The highest BCUT2D eigenvalue weighted by Gasteiger charge is 2.16. The van der Waals surface area contributed by atoms with Gasteiger partial charge in [0.15, 0.2) is 0 Å². The van der Waals surface area contributed by atoms with Gasteiger partial charge in [0.1, 0.15) is 0 Å². The van der Waals surface area contributed by atoms with Crippen LogP contribution < -0.4 is 10.6 Å². The Morgan fingerprint density at radius 2 is 1.95 bits per heavy atom. The molecule has 1 aliphatic heterocycles. The van der Waals surface area contributed by atoms with Crippen molar-refractivity contribution < 1.29 is 14.3 Å². The van der Waals surface area contributed by atoms with Crippen LogP contribution in [0, 0.1) is 0 Å². The van der Waals surface area contributed by atoms with Gasteiger partial charge < -0.3 is 15.4 Å². The fourth-order valence-electron chi connectivity index (χ4n) is 2.12. The van der Waals surface area contributed by atoms with Gasteiger partial charge in [-0.3, -0.25) is 9.59 Å². The highest BCUT2D eigenvalue weighted by molar-refractivity contribution is 5.85. The van der Waals surface area contributed by atoms with E-state index in [1.54, 1.807) is 0 Å². The predicted octanol–water partition coefficient (Wildman–Crippen LogP) is 0.640. The number of hydrogen-bond acceptors (Lipinski definition) is 3. The molecule has 0 aliphatic carbocycles. The number of hydrogen-bond donors (Lipinski definition) is 2. The normalized spacial score (nSPS) is 17.7. The minimum Gasteiger partial charge on any atom is -0.376 e. The molecule has 0 radical (unpaired) electrons. The smallest absolute Gasteiger partial charge is 0.239 e. The Hall–Kier alpha value is -1.88. The van der Waals surface area contributed by atoms with Crippen molar-refractivity contribution in [2.24, 2.45) is 0 Å². The van der Waals surface area contributed by atoms with Crippen LogP contribution in [0.4, 0.5) is 0 Å². The zero-order chi connectivity index (χ0) is 14.2. The Labute approximate surface area is 118 Å². The molecule has 0 saturated carbocycles. The quantitative estimate of drug-likeness (QED) is 0.801. The second kappa shape index (κ2) is 7.65. The van der Waals surface area contributed by atoms with E-state index in [0.29, 0.717) is 13.0 Å². The summed E-state index contributed by atoms with van der Waals surface area (Å²) >= 11 is 0. The fraction of sp³-hybridized carbons (Fsp3) is 0.467. The minimum atomic E-state index is -0.179. The number of carbonyl (C=O) groups excluding carboxylic acids is 2. The molecule has 1 saturated heterocycles. The molecule has 1 aromatic rings. The topological polar surface area (TPSA) is 67.4 Å². The van der Waals surface area contributed by atoms with Crippen LogP contribution in [0.5, 0.6) is 0 Å². The highest BCUT2D eigenvalue weighted by atomic mass is 16.5. The van der Waals surface area contributed by atoms with Crippen LogP contribution in [0.25, 0.3) is 0 Å². The van der Waals surface area contributed by atoms with Crippen molar-refractivity contribution in [3.63, 3.8) is 0 Å². The summed E-state index contributed by atoms with van der Waals surface area (Å²) in [4.78, 5) is 23.2. The second-order valence-corrected chi connectivity index (χ2v) is 4.88. The maximum atomic E-state index is 11.7. The van der Waals surface area contributed by atoms with Crippen LogP contribution in [-0.2, 0) is 20.7 Å². The van der Waals surface area contributed by atoms with Gasteiger partial charge in [0.05, 0.1) is 19.1 Å². The first-order valence-electron chi connectivity index (χ1n) is 6.93. The van der Waals surface area contributed by atoms with Gasteiger partial charge in [-0.15, -0.1) is 0 Å². The van der Waals surface area contributed by atoms with E-state index in [2.05, 4.69) is 10.6 Å². The van der Waals surface area contributed by atoms with Crippen LogP contribution in [-0.4, -0.2) is 37.6 Å². The molecule has 2 amide bonds. The Morgan fingerprint density at radius 3 is 2.65 bits per heavy atom. The molecular weight excluding hydrogens is 256 g/mol. The third kappa shape index (κ3) is 5.01. The number of rotatable bonds is 6. The molecule has 1 unspecified atom stereocenters. The molecule has 20 heavy (non-hydrogen) atoms. The van der Waals surface area contributed by atoms with E-state index >= 15 is 0 Å². The van der Waals surface area contributed by atoms with Crippen molar-refractivity contribution in [3.8, 4) is 0 Å². The number of ether oxygens (including phenoxy) is 1. The summed E-state index contributed by atoms with van der Waals surface area (Å²) < 4.78 is 5.41. The van der Waals surface area contributed by atoms with Gasteiger partial charge in [-0.1, -0.05) is 30.3 Å². The highest BCUT2D eigenvalue weighted by Crippen LogP contribution is 2.10. The molecule has 2 N–H and O–H groups in total. The van der Waals surface area contributed by atoms with Crippen molar-refractivity contribution in [2.75, 3.05) is 19.7 Å². The lowest BCUT2D eigenvalue weighted by molar-refractivity contribution is -0.126. The van der Waals surface area contributed by atoms with E-state index in [4.69, 9.17) is 4.74 Å². The van der Waals surface area contributed by atoms with Gasteiger partial charge in [-0.2, -0.15) is 0 Å². The summed E-state index contributed by atoms with van der Waals surface area (Å²) in [7, 11) is 0. The molecule has 108 valence electrons. The third-order valence-corrected chi connectivity index (χ3v) is 3.20. The lowest BCUT2D eigenvalue weighted by Crippen LogP contribution is -2.40. The molecule has 1 atom stereocenters. The van der Waals surface area contributed by atoms with Gasteiger partial charge >= 0.3 is 0 Å². The van der Waals surface area contributed by atoms with Gasteiger partial charge in [-0.05, 0) is 18.4 Å². The van der Waals surface area contributed by atoms with Gasteiger partial charge in [0.2, 0.25) is 11.8 Å². The first kappa shape index (κ1) is 14.5. The predicted molar refractivity (Wildman–Crippen MR) is 75.1 cm³/mol. The van der Waals surface area contributed by atoms with Crippen molar-refractivity contribution in [1.29, 1.82) is 0 Å². The lowest BCUT2D eigenvalue weighted by atomic mass is 10.1. The third-order valence-electron chi connectivity index (χ3n) is 3.20. The maximum Gasteiger partial charge on any atom is 0.239 e. The zero-order valence-corrected chi connectivity index (χ0v) is 11.4. The second-order valence-electron chi connectivity index (χ2n) is 4.88. The summed E-state index contributed by atoms with van der Waals surface area (Å²) in [6.45, 7) is 1.31. The average Bonchev–Trinajstić information content (AvgIpc) is 2.97. The maximum absolute atomic E-state index is 11.7. The first-order valence-corrected chi connectivity index (χ1v) is 6.93. The summed E-state index contributed by atoms with van der Waals surface area (Å²) in [6.07, 6.45) is 2.45. The largest absolute Gasteiger partial charge is 0.376 e. The van der Waals surface area contributed by atoms with E-state index < -0.39 is 0 Å². The van der Waals surface area contributed by atoms with Gasteiger partial charge in [0.25, 0.3) is 0 Å². The summed E-state index contributed by atoms with van der Waals surface area (Å²) in [5, 5.41) is 5.38. The molecule has 5 nitrogen and oxygen atoms in total. The van der Waals surface area contributed by atoms with E-state index in [0.717, 1.165) is 25.0 Å². The van der Waals surface area contributed by atoms with Gasteiger partial charge in [0, 0.05) is 13.2 Å². The monoisotopic (exact) mass is 276 g/mol. The molecule has 0 aromatic heterocycles. The van der Waals surface area contributed by atoms with Crippen molar-refractivity contribution in [3.05, 3.63) is 35.9 Å². The molecule has 1 fully saturated rings. The van der Waals surface area contributed by atoms with E-state index in [-0.39, 0.29) is 24.5 Å². The van der Waals surface area contributed by atoms with Crippen LogP contribution in [0.1, 0.15) is 18.4 Å². The molecule has 1 aliphatic rings. The van der Waals surface area contributed by atoms with Crippen molar-refractivity contribution in [2.45, 2.75) is 25.4 Å². The Balaban J connectivity index is 1.61. The fourth-order valence-corrected chi connectivity index (χ4v) is 2.12. The Morgan fingerprint density at radius 1 is 1.15 bits per heavy atom. The molecule has 1 heterocycles. The van der Waals surface area contributed by atoms with Crippen molar-refractivity contribution >= 4 is 11.8 Å². The van der Waals surface area contributed by atoms with Crippen LogP contribution in [0.3, 0.4) is 0 Å². The Bertz CT molecular complexity index is 442. The molecule has 0 bridgehead atoms. The van der Waals surface area contributed by atoms with Crippen LogP contribution >= 0.6 is 0 Å². The first-order chi connectivity index (χ1) is 9.74. The Kier molecular flexibility index (Phi) is 5.55. The standard InChI is InChI=1S/C15H20N2O3/c18-14(9-12-5-2-1-3-6-12)17-11-15(19)16-10-13-7-4-8-20-13/h1-3,5-6,13H,4,7-11H2,(H,16,19)(H,17,18). The van der Waals surface area contributed by atoms with Crippen LogP contribution in [0.15, 0.2) is 30.3 Å². The minimum absolute atomic E-state index is 0.0123. The molecular formula is C15H20N2O3. The SMILES string of the molecule is O=C(CNC(=O)Cc1ccccc1)NCC1CCCO1. The van der Waals surface area contributed by atoms with Gasteiger partial charge in [-0.25, -0.2) is 0 Å². The number of carbonyl (C=O) groups is 2. The van der Waals surface area contributed by atoms with E-state index in [1.165, 1.54) is 0 Å². The lowest BCUT2D eigenvalue weighted by Gasteiger charge is -2.11. The summed E-state index contributed by atoms with van der Waals surface area (Å²) in [5.74, 6) is -0.328. The number of benzene rings is 1. The van der Waals surface area contributed by atoms with E-state index in [1.807, 2.05) is 30.3 Å².